The SMILES string of the molecule is Cc1sc(C)c2c1C(=O)N(c1ccc(C(F)(F)F)cc1)C2=O. The van der Waals surface area contributed by atoms with Crippen LogP contribution in [0.3, 0.4) is 0 Å². The molecule has 22 heavy (non-hydrogen) atoms. The lowest BCUT2D eigenvalue weighted by Crippen LogP contribution is -2.29. The van der Waals surface area contributed by atoms with Crippen LogP contribution in [0.1, 0.15) is 36.0 Å². The van der Waals surface area contributed by atoms with E-state index in [-0.39, 0.29) is 5.69 Å². The van der Waals surface area contributed by atoms with E-state index in [1.54, 1.807) is 13.8 Å². The van der Waals surface area contributed by atoms with Crippen LogP contribution in [0, 0.1) is 13.8 Å². The minimum absolute atomic E-state index is 0.142. The number of carbonyl (C=O) groups excluding carboxylic acids is 2. The first kappa shape index (κ1) is 14.8. The zero-order valence-electron chi connectivity index (χ0n) is 11.6. The van der Waals surface area contributed by atoms with Crippen molar-refractivity contribution in [3.8, 4) is 0 Å². The van der Waals surface area contributed by atoms with Crippen molar-refractivity contribution in [2.75, 3.05) is 4.90 Å². The summed E-state index contributed by atoms with van der Waals surface area (Å²) < 4.78 is 37.7. The molecule has 0 N–H and O–H groups in total. The Balaban J connectivity index is 2.03. The Kier molecular flexibility index (Phi) is 3.14. The molecule has 1 aromatic heterocycles. The fourth-order valence-electron chi connectivity index (χ4n) is 2.55. The predicted molar refractivity (Wildman–Crippen MR) is 76.4 cm³/mol. The van der Waals surface area contributed by atoms with Crippen molar-refractivity contribution in [1.82, 2.24) is 0 Å². The Morgan fingerprint density at radius 3 is 1.77 bits per heavy atom. The summed E-state index contributed by atoms with van der Waals surface area (Å²) in [7, 11) is 0. The number of hydrogen-bond donors (Lipinski definition) is 0. The Bertz CT molecular complexity index is 754. The van der Waals surface area contributed by atoms with E-state index >= 15 is 0 Å². The number of benzene rings is 1. The Morgan fingerprint density at radius 2 is 1.36 bits per heavy atom. The fourth-order valence-corrected chi connectivity index (χ4v) is 3.59. The maximum atomic E-state index is 12.6. The smallest absolute Gasteiger partial charge is 0.268 e. The highest BCUT2D eigenvalue weighted by Crippen LogP contribution is 2.37. The van der Waals surface area contributed by atoms with Gasteiger partial charge in [0.25, 0.3) is 11.8 Å². The molecule has 2 heterocycles. The fraction of sp³-hybridized carbons (Fsp3) is 0.200. The highest BCUT2D eigenvalue weighted by molar-refractivity contribution is 7.12. The molecule has 3 nitrogen and oxygen atoms in total. The molecule has 0 fully saturated rings. The Morgan fingerprint density at radius 1 is 0.909 bits per heavy atom. The summed E-state index contributed by atoms with van der Waals surface area (Å²) in [5.74, 6) is -0.969. The van der Waals surface area contributed by atoms with Gasteiger partial charge in [0.2, 0.25) is 0 Å². The van der Waals surface area contributed by atoms with Gasteiger partial charge in [-0.2, -0.15) is 13.2 Å². The third-order valence-corrected chi connectivity index (χ3v) is 4.57. The zero-order chi connectivity index (χ0) is 16.2. The molecule has 7 heteroatoms. The van der Waals surface area contributed by atoms with Gasteiger partial charge < -0.3 is 0 Å². The van der Waals surface area contributed by atoms with Crippen molar-refractivity contribution in [2.45, 2.75) is 20.0 Å². The second-order valence-corrected chi connectivity index (χ2v) is 6.38. The number of fused-ring (bicyclic) bond motifs is 1. The molecular formula is C15H10F3NO2S. The first-order chi connectivity index (χ1) is 10.2. The van der Waals surface area contributed by atoms with Crippen LogP contribution in [0.25, 0.3) is 0 Å². The first-order valence-electron chi connectivity index (χ1n) is 6.38. The lowest BCUT2D eigenvalue weighted by molar-refractivity contribution is -0.137. The van der Waals surface area contributed by atoms with Crippen LogP contribution >= 0.6 is 11.3 Å². The molecule has 2 amide bonds. The van der Waals surface area contributed by atoms with Crippen LogP contribution in [0.4, 0.5) is 18.9 Å². The van der Waals surface area contributed by atoms with E-state index in [2.05, 4.69) is 0 Å². The van der Waals surface area contributed by atoms with Crippen molar-refractivity contribution in [1.29, 1.82) is 0 Å². The molecule has 0 saturated heterocycles. The molecule has 2 aromatic rings. The van der Waals surface area contributed by atoms with Gasteiger partial charge in [-0.25, -0.2) is 4.90 Å². The highest BCUT2D eigenvalue weighted by atomic mass is 32.1. The number of amides is 2. The van der Waals surface area contributed by atoms with Gasteiger partial charge in [0.05, 0.1) is 22.4 Å². The Labute approximate surface area is 128 Å². The highest BCUT2D eigenvalue weighted by Gasteiger charge is 2.41. The average molecular weight is 325 g/mol. The number of hydrogen-bond acceptors (Lipinski definition) is 3. The van der Waals surface area contributed by atoms with E-state index in [1.165, 1.54) is 11.3 Å². The van der Waals surface area contributed by atoms with Crippen LogP contribution in [-0.4, -0.2) is 11.8 Å². The Hall–Kier alpha value is -2.15. The van der Waals surface area contributed by atoms with Crippen LogP contribution < -0.4 is 4.90 Å². The summed E-state index contributed by atoms with van der Waals surface area (Å²) in [4.78, 5) is 27.2. The lowest BCUT2D eigenvalue weighted by Gasteiger charge is -2.15. The summed E-state index contributed by atoms with van der Waals surface area (Å²) in [6.45, 7) is 3.50. The summed E-state index contributed by atoms with van der Waals surface area (Å²) in [5.41, 5.74) is 0.0275. The minimum Gasteiger partial charge on any atom is -0.268 e. The summed E-state index contributed by atoms with van der Waals surface area (Å²) in [6.07, 6.45) is -4.46. The number of aryl methyl sites for hydroxylation is 2. The van der Waals surface area contributed by atoms with Gasteiger partial charge in [-0.3, -0.25) is 9.59 Å². The van der Waals surface area contributed by atoms with E-state index in [9.17, 15) is 22.8 Å². The van der Waals surface area contributed by atoms with Crippen molar-refractivity contribution >= 4 is 28.8 Å². The summed E-state index contributed by atoms with van der Waals surface area (Å²) in [6, 6.07) is 4.00. The average Bonchev–Trinajstić information content (AvgIpc) is 2.86. The molecule has 3 rings (SSSR count). The molecule has 0 unspecified atom stereocenters. The molecule has 0 bridgehead atoms. The van der Waals surface area contributed by atoms with E-state index in [1.807, 2.05) is 0 Å². The number of imide groups is 1. The quantitative estimate of drug-likeness (QED) is 0.738. The van der Waals surface area contributed by atoms with Crippen LogP contribution in [0.2, 0.25) is 0 Å². The summed E-state index contributed by atoms with van der Waals surface area (Å²) >= 11 is 1.37. The third kappa shape index (κ3) is 2.04. The normalized spacial score (nSPS) is 14.7. The third-order valence-electron chi connectivity index (χ3n) is 3.55. The maximum Gasteiger partial charge on any atom is 0.416 e. The van der Waals surface area contributed by atoms with E-state index in [0.29, 0.717) is 11.1 Å². The van der Waals surface area contributed by atoms with Crippen LogP contribution in [0.15, 0.2) is 24.3 Å². The van der Waals surface area contributed by atoms with Crippen molar-refractivity contribution in [2.24, 2.45) is 0 Å². The minimum atomic E-state index is -4.46. The first-order valence-corrected chi connectivity index (χ1v) is 7.19. The van der Waals surface area contributed by atoms with Crippen LogP contribution in [-0.2, 0) is 6.18 Å². The molecule has 114 valence electrons. The number of alkyl halides is 3. The number of rotatable bonds is 1. The zero-order valence-corrected chi connectivity index (χ0v) is 12.4. The number of halogens is 3. The number of anilines is 1. The largest absolute Gasteiger partial charge is 0.416 e. The monoisotopic (exact) mass is 325 g/mol. The molecule has 0 saturated carbocycles. The molecule has 0 aliphatic carbocycles. The lowest BCUT2D eigenvalue weighted by atomic mass is 10.1. The topological polar surface area (TPSA) is 37.4 Å². The van der Waals surface area contributed by atoms with Crippen molar-refractivity contribution in [3.63, 3.8) is 0 Å². The van der Waals surface area contributed by atoms with E-state index < -0.39 is 23.6 Å². The van der Waals surface area contributed by atoms with Gasteiger partial charge in [0.1, 0.15) is 0 Å². The molecule has 1 aliphatic rings. The van der Waals surface area contributed by atoms with Crippen molar-refractivity contribution in [3.05, 3.63) is 50.7 Å². The van der Waals surface area contributed by atoms with Crippen LogP contribution in [0.5, 0.6) is 0 Å². The van der Waals surface area contributed by atoms with Gasteiger partial charge in [0.15, 0.2) is 0 Å². The van der Waals surface area contributed by atoms with Gasteiger partial charge in [-0.15, -0.1) is 11.3 Å². The molecule has 0 spiro atoms. The van der Waals surface area contributed by atoms with Gasteiger partial charge in [-0.05, 0) is 38.1 Å². The van der Waals surface area contributed by atoms with Gasteiger partial charge in [0, 0.05) is 9.75 Å². The number of carbonyl (C=O) groups is 2. The van der Waals surface area contributed by atoms with Crippen molar-refractivity contribution < 1.29 is 22.8 Å². The second-order valence-electron chi connectivity index (χ2n) is 4.95. The summed E-state index contributed by atoms with van der Waals surface area (Å²) in [5, 5.41) is 0. The second kappa shape index (κ2) is 4.67. The molecule has 0 radical (unpaired) electrons. The number of thiophene rings is 1. The standard InChI is InChI=1S/C15H10F3NO2S/c1-7-11-12(8(2)22-7)14(21)19(13(11)20)10-5-3-9(4-6-10)15(16,17)18/h3-6H,1-2H3. The maximum absolute atomic E-state index is 12.6. The molecular weight excluding hydrogens is 315 g/mol. The van der Waals surface area contributed by atoms with E-state index in [0.717, 1.165) is 38.9 Å². The molecule has 1 aliphatic heterocycles. The predicted octanol–water partition coefficient (Wildman–Crippen LogP) is 4.18. The number of nitrogens with zero attached hydrogens (tertiary/aromatic N) is 1. The van der Waals surface area contributed by atoms with Gasteiger partial charge >= 0.3 is 6.18 Å². The molecule has 0 atom stereocenters. The van der Waals surface area contributed by atoms with Gasteiger partial charge in [-0.1, -0.05) is 0 Å². The van der Waals surface area contributed by atoms with E-state index in [4.69, 9.17) is 0 Å². The molecule has 1 aromatic carbocycles.